The number of fused-ring (bicyclic) bond motifs is 2. The number of aryl methyl sites for hydroxylation is 1. The summed E-state index contributed by atoms with van der Waals surface area (Å²) in [6.45, 7) is 2.17. The van der Waals surface area contributed by atoms with E-state index in [2.05, 4.69) is 37.3 Å². The quantitative estimate of drug-likeness (QED) is 0.930. The number of amides is 1. The fourth-order valence-electron chi connectivity index (χ4n) is 4.28. The molecule has 1 saturated heterocycles. The number of nitrogens with zero attached hydrogens (tertiary/aromatic N) is 1. The summed E-state index contributed by atoms with van der Waals surface area (Å²) in [5, 5.41) is 10.4. The fourth-order valence-corrected chi connectivity index (χ4v) is 4.28. The third-order valence-electron chi connectivity index (χ3n) is 5.94. The van der Waals surface area contributed by atoms with Gasteiger partial charge < -0.3 is 10.0 Å². The summed E-state index contributed by atoms with van der Waals surface area (Å²) in [6.07, 6.45) is 8.58. The summed E-state index contributed by atoms with van der Waals surface area (Å²) in [5.41, 5.74) is 2.95. The Morgan fingerprint density at radius 2 is 2.00 bits per heavy atom. The summed E-state index contributed by atoms with van der Waals surface area (Å²) in [4.78, 5) is 14.7. The van der Waals surface area contributed by atoms with Crippen LogP contribution in [0.25, 0.3) is 5.57 Å². The number of hydrogen-bond acceptors (Lipinski definition) is 2. The molecular formula is C20H25NO2. The summed E-state index contributed by atoms with van der Waals surface area (Å²) < 4.78 is 0. The highest BCUT2D eigenvalue weighted by molar-refractivity contribution is 5.88. The molecule has 3 aliphatic rings. The largest absolute Gasteiger partial charge is 0.380 e. The molecule has 0 radical (unpaired) electrons. The van der Waals surface area contributed by atoms with E-state index in [-0.39, 0.29) is 18.0 Å². The third kappa shape index (κ3) is 2.42. The number of carbonyl (C=O) groups excluding carboxylic acids is 1. The molecule has 2 aliphatic heterocycles. The standard InChI is InChI=1S/C20H25NO2/c1-2-14-4-6-15(7-5-14)16-12-17-8-9-18(13-16)21(17)19(22)20(23)10-3-11-20/h4-7,12,17-18,23H,2-3,8-11,13H2,1H3. The van der Waals surface area contributed by atoms with Gasteiger partial charge in [0.05, 0.1) is 6.04 Å². The SMILES string of the molecule is CCc1ccc(C2=CC3CCC(C2)N3C(=O)C2(O)CCC2)cc1. The van der Waals surface area contributed by atoms with Gasteiger partial charge >= 0.3 is 0 Å². The second-order valence-electron chi connectivity index (χ2n) is 7.34. The lowest BCUT2D eigenvalue weighted by atomic mass is 9.78. The van der Waals surface area contributed by atoms with E-state index >= 15 is 0 Å². The first-order valence-corrected chi connectivity index (χ1v) is 8.96. The fraction of sp³-hybridized carbons (Fsp3) is 0.550. The topological polar surface area (TPSA) is 40.5 Å². The smallest absolute Gasteiger partial charge is 0.255 e. The molecule has 1 N–H and O–H groups in total. The maximum Gasteiger partial charge on any atom is 0.255 e. The summed E-state index contributed by atoms with van der Waals surface area (Å²) in [6, 6.07) is 9.26. The molecule has 122 valence electrons. The Kier molecular flexibility index (Phi) is 3.56. The molecule has 1 saturated carbocycles. The zero-order valence-electron chi connectivity index (χ0n) is 13.8. The molecule has 1 aromatic rings. The Bertz CT molecular complexity index is 642. The molecule has 2 unspecified atom stereocenters. The van der Waals surface area contributed by atoms with Gasteiger partial charge in [-0.15, -0.1) is 0 Å². The van der Waals surface area contributed by atoms with Crippen LogP contribution < -0.4 is 0 Å². The number of hydrogen-bond donors (Lipinski definition) is 1. The van der Waals surface area contributed by atoms with E-state index in [1.807, 2.05) is 4.90 Å². The minimum absolute atomic E-state index is 0.0205. The van der Waals surface area contributed by atoms with Crippen molar-refractivity contribution >= 4 is 11.5 Å². The Labute approximate surface area is 138 Å². The Morgan fingerprint density at radius 1 is 1.26 bits per heavy atom. The molecule has 2 fully saturated rings. The maximum absolute atomic E-state index is 12.7. The van der Waals surface area contributed by atoms with Crippen molar-refractivity contribution in [3.63, 3.8) is 0 Å². The van der Waals surface area contributed by atoms with Gasteiger partial charge in [0.15, 0.2) is 0 Å². The van der Waals surface area contributed by atoms with Gasteiger partial charge in [-0.25, -0.2) is 0 Å². The number of aliphatic hydroxyl groups is 1. The van der Waals surface area contributed by atoms with E-state index in [0.717, 1.165) is 32.1 Å². The lowest BCUT2D eigenvalue weighted by Gasteiger charge is -2.43. The Morgan fingerprint density at radius 3 is 2.57 bits per heavy atom. The predicted octanol–water partition coefficient (Wildman–Crippen LogP) is 3.31. The molecule has 1 amide bonds. The Balaban J connectivity index is 1.57. The lowest BCUT2D eigenvalue weighted by Crippen LogP contribution is -2.57. The minimum Gasteiger partial charge on any atom is -0.380 e. The van der Waals surface area contributed by atoms with Gasteiger partial charge in [-0.3, -0.25) is 4.79 Å². The van der Waals surface area contributed by atoms with E-state index in [1.165, 1.54) is 16.7 Å². The predicted molar refractivity (Wildman–Crippen MR) is 90.9 cm³/mol. The van der Waals surface area contributed by atoms with E-state index < -0.39 is 5.60 Å². The zero-order valence-corrected chi connectivity index (χ0v) is 13.8. The molecule has 0 spiro atoms. The second-order valence-corrected chi connectivity index (χ2v) is 7.34. The minimum atomic E-state index is -1.06. The van der Waals surface area contributed by atoms with Crippen molar-refractivity contribution in [2.75, 3.05) is 0 Å². The van der Waals surface area contributed by atoms with Crippen LogP contribution in [0.4, 0.5) is 0 Å². The van der Waals surface area contributed by atoms with Gasteiger partial charge in [0.2, 0.25) is 0 Å². The number of carbonyl (C=O) groups is 1. The summed E-state index contributed by atoms with van der Waals surface area (Å²) in [7, 11) is 0. The van der Waals surface area contributed by atoms with Gasteiger partial charge in [0, 0.05) is 6.04 Å². The lowest BCUT2D eigenvalue weighted by molar-refractivity contribution is -0.162. The van der Waals surface area contributed by atoms with Gasteiger partial charge in [-0.05, 0) is 61.6 Å². The third-order valence-corrected chi connectivity index (χ3v) is 5.94. The van der Waals surface area contributed by atoms with Gasteiger partial charge in [0.1, 0.15) is 5.60 Å². The average molecular weight is 311 g/mol. The van der Waals surface area contributed by atoms with E-state index in [4.69, 9.17) is 0 Å². The van der Waals surface area contributed by atoms with Crippen molar-refractivity contribution in [2.24, 2.45) is 0 Å². The van der Waals surface area contributed by atoms with Crippen LogP contribution in [0.3, 0.4) is 0 Å². The normalized spacial score (nSPS) is 28.3. The van der Waals surface area contributed by atoms with E-state index in [1.54, 1.807) is 0 Å². The van der Waals surface area contributed by atoms with E-state index in [9.17, 15) is 9.90 Å². The molecule has 3 nitrogen and oxygen atoms in total. The highest BCUT2D eigenvalue weighted by Gasteiger charge is 2.50. The molecule has 1 aliphatic carbocycles. The zero-order chi connectivity index (χ0) is 16.0. The van der Waals surface area contributed by atoms with Crippen molar-refractivity contribution < 1.29 is 9.90 Å². The van der Waals surface area contributed by atoms with Crippen molar-refractivity contribution in [1.82, 2.24) is 4.90 Å². The van der Waals surface area contributed by atoms with Crippen molar-refractivity contribution in [3.8, 4) is 0 Å². The van der Waals surface area contributed by atoms with Crippen molar-refractivity contribution in [3.05, 3.63) is 41.5 Å². The maximum atomic E-state index is 12.7. The summed E-state index contributed by atoms with van der Waals surface area (Å²) >= 11 is 0. The molecule has 2 heterocycles. The molecule has 3 heteroatoms. The second kappa shape index (κ2) is 5.48. The first-order valence-electron chi connectivity index (χ1n) is 8.96. The number of rotatable bonds is 3. The highest BCUT2D eigenvalue weighted by Crippen LogP contribution is 2.42. The monoisotopic (exact) mass is 311 g/mol. The van der Waals surface area contributed by atoms with Crippen LogP contribution in [0.5, 0.6) is 0 Å². The molecule has 2 bridgehead atoms. The van der Waals surface area contributed by atoms with Crippen LogP contribution in [0.1, 0.15) is 56.6 Å². The average Bonchev–Trinajstić information content (AvgIpc) is 2.81. The van der Waals surface area contributed by atoms with Crippen LogP contribution in [0.15, 0.2) is 30.3 Å². The Hall–Kier alpha value is -1.61. The highest BCUT2D eigenvalue weighted by atomic mass is 16.3. The van der Waals surface area contributed by atoms with Gasteiger partial charge in [-0.1, -0.05) is 37.3 Å². The van der Waals surface area contributed by atoms with Crippen LogP contribution >= 0.6 is 0 Å². The number of benzene rings is 1. The summed E-state index contributed by atoms with van der Waals surface area (Å²) in [5.74, 6) is -0.0205. The molecule has 0 aromatic heterocycles. The molecule has 23 heavy (non-hydrogen) atoms. The molecule has 2 atom stereocenters. The van der Waals surface area contributed by atoms with Crippen LogP contribution in [-0.4, -0.2) is 33.6 Å². The van der Waals surface area contributed by atoms with E-state index in [0.29, 0.717) is 12.8 Å². The van der Waals surface area contributed by atoms with Crippen LogP contribution in [0.2, 0.25) is 0 Å². The van der Waals surface area contributed by atoms with Gasteiger partial charge in [0.25, 0.3) is 5.91 Å². The first-order chi connectivity index (χ1) is 11.1. The van der Waals surface area contributed by atoms with Crippen molar-refractivity contribution in [2.45, 2.75) is 69.6 Å². The molecule has 4 rings (SSSR count). The van der Waals surface area contributed by atoms with Crippen molar-refractivity contribution in [1.29, 1.82) is 0 Å². The van der Waals surface area contributed by atoms with Crippen LogP contribution in [-0.2, 0) is 11.2 Å². The first kappa shape index (κ1) is 14.9. The van der Waals surface area contributed by atoms with Gasteiger partial charge in [-0.2, -0.15) is 0 Å². The van der Waals surface area contributed by atoms with Crippen LogP contribution in [0, 0.1) is 0 Å². The molecule has 1 aromatic carbocycles. The molecular weight excluding hydrogens is 286 g/mol.